The van der Waals surface area contributed by atoms with E-state index < -0.39 is 0 Å². The summed E-state index contributed by atoms with van der Waals surface area (Å²) in [5.74, 6) is 0.971. The van der Waals surface area contributed by atoms with Crippen LogP contribution in [0.2, 0.25) is 0 Å². The van der Waals surface area contributed by atoms with Crippen molar-refractivity contribution in [3.63, 3.8) is 0 Å². The van der Waals surface area contributed by atoms with E-state index >= 15 is 0 Å². The van der Waals surface area contributed by atoms with E-state index in [2.05, 4.69) is 0 Å². The largest absolute Gasteiger partial charge is 0.488 e. The van der Waals surface area contributed by atoms with Gasteiger partial charge in [-0.3, -0.25) is 4.79 Å². The molecular weight excluding hydrogens is 355 g/mol. The molecule has 28 heavy (non-hydrogen) atoms. The van der Waals surface area contributed by atoms with Crippen molar-refractivity contribution in [3.8, 4) is 11.5 Å². The predicted molar refractivity (Wildman–Crippen MR) is 106 cm³/mol. The number of hydrogen-bond acceptors (Lipinski definition) is 3. The summed E-state index contributed by atoms with van der Waals surface area (Å²) in [5, 5.41) is 0. The Hall–Kier alpha value is -3.40. The van der Waals surface area contributed by atoms with E-state index in [0.29, 0.717) is 22.8 Å². The Kier molecular flexibility index (Phi) is 4.70. The van der Waals surface area contributed by atoms with Gasteiger partial charge in [-0.1, -0.05) is 42.0 Å². The molecule has 4 heteroatoms. The van der Waals surface area contributed by atoms with Gasteiger partial charge in [0.05, 0.1) is 5.56 Å². The molecular formula is C24H19FO3. The number of ketones is 1. The molecule has 0 N–H and O–H groups in total. The van der Waals surface area contributed by atoms with Crippen LogP contribution >= 0.6 is 0 Å². The standard InChI is InChI=1S/C24H19FO3/c1-15-6-8-17(9-7-15)13-22-23(26)20-10-11-21(16(2)24(20)28-22)27-14-18-4-3-5-19(25)12-18/h3-13H,14H2,1-2H3/b22-13-. The number of halogens is 1. The summed E-state index contributed by atoms with van der Waals surface area (Å²) in [4.78, 5) is 12.7. The highest BCUT2D eigenvalue weighted by atomic mass is 19.1. The summed E-state index contributed by atoms with van der Waals surface area (Å²) in [7, 11) is 0. The number of carbonyl (C=O) groups is 1. The highest BCUT2D eigenvalue weighted by molar-refractivity contribution is 6.14. The molecule has 1 aliphatic heterocycles. The third-order valence-corrected chi connectivity index (χ3v) is 4.70. The maximum absolute atomic E-state index is 13.3. The maximum atomic E-state index is 13.3. The van der Waals surface area contributed by atoms with Crippen LogP contribution in [0.4, 0.5) is 4.39 Å². The minimum absolute atomic E-state index is 0.143. The molecule has 1 aliphatic rings. The molecule has 140 valence electrons. The molecule has 0 saturated carbocycles. The number of allylic oxidation sites excluding steroid dienone is 1. The van der Waals surface area contributed by atoms with Crippen LogP contribution in [0.3, 0.4) is 0 Å². The van der Waals surface area contributed by atoms with Crippen molar-refractivity contribution in [1.82, 2.24) is 0 Å². The van der Waals surface area contributed by atoms with Gasteiger partial charge in [-0.25, -0.2) is 4.39 Å². The van der Waals surface area contributed by atoms with Crippen LogP contribution in [0.25, 0.3) is 6.08 Å². The second kappa shape index (κ2) is 7.31. The summed E-state index contributed by atoms with van der Waals surface area (Å²) >= 11 is 0. The zero-order chi connectivity index (χ0) is 19.7. The number of rotatable bonds is 4. The second-order valence-corrected chi connectivity index (χ2v) is 6.83. The molecule has 0 amide bonds. The quantitative estimate of drug-likeness (QED) is 0.555. The normalized spacial score (nSPS) is 14.1. The summed E-state index contributed by atoms with van der Waals surface area (Å²) in [5.41, 5.74) is 4.06. The predicted octanol–water partition coefficient (Wildman–Crippen LogP) is 5.64. The molecule has 0 fully saturated rings. The smallest absolute Gasteiger partial charge is 0.231 e. The first-order chi connectivity index (χ1) is 13.5. The maximum Gasteiger partial charge on any atom is 0.231 e. The minimum atomic E-state index is -0.299. The Morgan fingerprint density at radius 1 is 1.04 bits per heavy atom. The van der Waals surface area contributed by atoms with Gasteiger partial charge in [-0.15, -0.1) is 0 Å². The molecule has 3 aromatic carbocycles. The molecule has 1 heterocycles. The van der Waals surface area contributed by atoms with E-state index in [0.717, 1.165) is 22.3 Å². The van der Waals surface area contributed by atoms with E-state index in [9.17, 15) is 9.18 Å². The zero-order valence-corrected chi connectivity index (χ0v) is 15.7. The van der Waals surface area contributed by atoms with Gasteiger partial charge in [0.15, 0.2) is 5.76 Å². The van der Waals surface area contributed by atoms with E-state index in [4.69, 9.17) is 9.47 Å². The Bertz CT molecular complexity index is 1080. The summed E-state index contributed by atoms with van der Waals surface area (Å²) in [6.45, 7) is 4.10. The van der Waals surface area contributed by atoms with Gasteiger partial charge in [0.25, 0.3) is 0 Å². The van der Waals surface area contributed by atoms with Crippen LogP contribution in [0.15, 0.2) is 66.4 Å². The highest BCUT2D eigenvalue weighted by Gasteiger charge is 2.30. The molecule has 0 radical (unpaired) electrons. The van der Waals surface area contributed by atoms with Crippen LogP contribution in [0.5, 0.6) is 11.5 Å². The summed E-state index contributed by atoms with van der Waals surface area (Å²) in [6.07, 6.45) is 1.74. The number of Topliss-reactive ketones (excluding diaryl/α,β-unsaturated/α-hetero) is 1. The monoisotopic (exact) mass is 374 g/mol. The molecule has 0 saturated heterocycles. The average Bonchev–Trinajstić information content (AvgIpc) is 3.00. The van der Waals surface area contributed by atoms with Gasteiger partial charge in [-0.2, -0.15) is 0 Å². The van der Waals surface area contributed by atoms with Crippen molar-refractivity contribution in [2.24, 2.45) is 0 Å². The Balaban J connectivity index is 1.57. The Morgan fingerprint density at radius 3 is 2.57 bits per heavy atom. The van der Waals surface area contributed by atoms with Gasteiger partial charge >= 0.3 is 0 Å². The molecule has 4 rings (SSSR count). The fourth-order valence-corrected chi connectivity index (χ4v) is 3.13. The van der Waals surface area contributed by atoms with Crippen LogP contribution < -0.4 is 9.47 Å². The molecule has 0 aromatic heterocycles. The number of ether oxygens (including phenoxy) is 2. The number of carbonyl (C=O) groups excluding carboxylic acids is 1. The number of fused-ring (bicyclic) bond motifs is 1. The number of benzene rings is 3. The SMILES string of the molecule is Cc1ccc(/C=C2\Oc3c(ccc(OCc4cccc(F)c4)c3C)C2=O)cc1. The van der Waals surface area contributed by atoms with E-state index in [1.54, 1.807) is 30.3 Å². The summed E-state index contributed by atoms with van der Waals surface area (Å²) < 4.78 is 25.0. The molecule has 0 atom stereocenters. The molecule has 0 spiro atoms. The average molecular weight is 374 g/mol. The molecule has 0 bridgehead atoms. The van der Waals surface area contributed by atoms with E-state index in [-0.39, 0.29) is 18.2 Å². The van der Waals surface area contributed by atoms with Gasteiger partial charge in [0.1, 0.15) is 23.9 Å². The van der Waals surface area contributed by atoms with E-state index in [1.165, 1.54) is 12.1 Å². The molecule has 3 aromatic rings. The van der Waals surface area contributed by atoms with Crippen molar-refractivity contribution in [1.29, 1.82) is 0 Å². The topological polar surface area (TPSA) is 35.5 Å². The van der Waals surface area contributed by atoms with Gasteiger partial charge in [0, 0.05) is 5.56 Å². The Labute approximate surface area is 163 Å². The van der Waals surface area contributed by atoms with Gasteiger partial charge in [-0.05, 0) is 55.3 Å². The van der Waals surface area contributed by atoms with Crippen molar-refractivity contribution in [2.75, 3.05) is 0 Å². The molecule has 3 nitrogen and oxygen atoms in total. The van der Waals surface area contributed by atoms with Crippen molar-refractivity contribution >= 4 is 11.9 Å². The molecule has 0 aliphatic carbocycles. The fraction of sp³-hybridized carbons (Fsp3) is 0.125. The van der Waals surface area contributed by atoms with E-state index in [1.807, 2.05) is 38.1 Å². The summed E-state index contributed by atoms with van der Waals surface area (Å²) in [6, 6.07) is 17.6. The van der Waals surface area contributed by atoms with Crippen LogP contribution in [0.1, 0.15) is 32.6 Å². The van der Waals surface area contributed by atoms with Crippen LogP contribution in [-0.2, 0) is 6.61 Å². The lowest BCUT2D eigenvalue weighted by molar-refractivity contribution is 0.101. The van der Waals surface area contributed by atoms with Crippen LogP contribution in [0, 0.1) is 19.7 Å². The third kappa shape index (κ3) is 3.54. The Morgan fingerprint density at radius 2 is 1.82 bits per heavy atom. The lowest BCUT2D eigenvalue weighted by Gasteiger charge is -2.11. The van der Waals surface area contributed by atoms with Gasteiger partial charge in [0.2, 0.25) is 5.78 Å². The molecule has 0 unspecified atom stereocenters. The van der Waals surface area contributed by atoms with Crippen molar-refractivity contribution in [2.45, 2.75) is 20.5 Å². The zero-order valence-electron chi connectivity index (χ0n) is 15.7. The van der Waals surface area contributed by atoms with Crippen LogP contribution in [-0.4, -0.2) is 5.78 Å². The minimum Gasteiger partial charge on any atom is -0.488 e. The van der Waals surface area contributed by atoms with Crippen molar-refractivity contribution in [3.05, 3.63) is 100 Å². The van der Waals surface area contributed by atoms with Gasteiger partial charge < -0.3 is 9.47 Å². The number of hydrogen-bond donors (Lipinski definition) is 0. The first kappa shape index (κ1) is 18.0. The fourth-order valence-electron chi connectivity index (χ4n) is 3.13. The lowest BCUT2D eigenvalue weighted by Crippen LogP contribution is -1.98. The lowest BCUT2D eigenvalue weighted by atomic mass is 10.1. The number of aryl methyl sites for hydroxylation is 1. The first-order valence-electron chi connectivity index (χ1n) is 9.03. The first-order valence-corrected chi connectivity index (χ1v) is 9.03. The highest BCUT2D eigenvalue weighted by Crippen LogP contribution is 2.39. The third-order valence-electron chi connectivity index (χ3n) is 4.70. The van der Waals surface area contributed by atoms with Crippen molar-refractivity contribution < 1.29 is 18.7 Å². The second-order valence-electron chi connectivity index (χ2n) is 6.83.